The van der Waals surface area contributed by atoms with E-state index in [2.05, 4.69) is 19.2 Å². The summed E-state index contributed by atoms with van der Waals surface area (Å²) in [6, 6.07) is 0.489. The van der Waals surface area contributed by atoms with Gasteiger partial charge in [-0.2, -0.15) is 0 Å². The van der Waals surface area contributed by atoms with Crippen molar-refractivity contribution in [2.45, 2.75) is 58.4 Å². The van der Waals surface area contributed by atoms with Crippen LogP contribution in [-0.4, -0.2) is 33.5 Å². The Hall–Kier alpha value is -0.0900. The zero-order valence-electron chi connectivity index (χ0n) is 12.3. The maximum atomic E-state index is 11.1. The van der Waals surface area contributed by atoms with Crippen LogP contribution in [0.1, 0.15) is 52.4 Å². The monoisotopic (exact) mass is 275 g/mol. The van der Waals surface area contributed by atoms with E-state index in [1.54, 1.807) is 0 Å². The summed E-state index contributed by atoms with van der Waals surface area (Å²) < 4.78 is 22.3. The Morgan fingerprint density at radius 1 is 1.28 bits per heavy atom. The van der Waals surface area contributed by atoms with Crippen LogP contribution in [0.2, 0.25) is 0 Å². The molecule has 0 aromatic heterocycles. The molecule has 3 nitrogen and oxygen atoms in total. The van der Waals surface area contributed by atoms with Gasteiger partial charge in [-0.1, -0.05) is 13.8 Å². The largest absolute Gasteiger partial charge is 0.317 e. The predicted octanol–water partition coefficient (Wildman–Crippen LogP) is 2.62. The Labute approximate surface area is 113 Å². The van der Waals surface area contributed by atoms with Gasteiger partial charge >= 0.3 is 0 Å². The molecule has 0 radical (unpaired) electrons. The Morgan fingerprint density at radius 2 is 1.83 bits per heavy atom. The molecule has 0 bridgehead atoms. The molecular weight excluding hydrogens is 246 g/mol. The lowest BCUT2D eigenvalue weighted by molar-refractivity contribution is 0.160. The van der Waals surface area contributed by atoms with Crippen molar-refractivity contribution in [3.63, 3.8) is 0 Å². The van der Waals surface area contributed by atoms with Gasteiger partial charge in [-0.25, -0.2) is 8.42 Å². The van der Waals surface area contributed by atoms with Gasteiger partial charge in [0.2, 0.25) is 0 Å². The van der Waals surface area contributed by atoms with Crippen LogP contribution >= 0.6 is 0 Å². The molecule has 0 amide bonds. The van der Waals surface area contributed by atoms with Crippen LogP contribution in [0, 0.1) is 11.3 Å². The molecule has 0 aromatic carbocycles. The van der Waals surface area contributed by atoms with Crippen molar-refractivity contribution in [1.82, 2.24) is 5.32 Å². The van der Waals surface area contributed by atoms with Gasteiger partial charge in [-0.15, -0.1) is 0 Å². The first kappa shape index (κ1) is 16.0. The quantitative estimate of drug-likeness (QED) is 0.810. The van der Waals surface area contributed by atoms with E-state index >= 15 is 0 Å². The van der Waals surface area contributed by atoms with Crippen LogP contribution in [0.3, 0.4) is 0 Å². The molecule has 1 saturated carbocycles. The molecule has 4 heteroatoms. The molecule has 1 atom stereocenters. The number of nitrogens with one attached hydrogen (secondary N) is 1. The van der Waals surface area contributed by atoms with Crippen molar-refractivity contribution in [3.8, 4) is 0 Å². The van der Waals surface area contributed by atoms with Gasteiger partial charge in [-0.3, -0.25) is 0 Å². The topological polar surface area (TPSA) is 46.2 Å². The van der Waals surface area contributed by atoms with Crippen LogP contribution in [0.15, 0.2) is 0 Å². The van der Waals surface area contributed by atoms with Gasteiger partial charge in [0, 0.05) is 18.1 Å². The maximum absolute atomic E-state index is 11.1. The lowest BCUT2D eigenvalue weighted by Gasteiger charge is -2.38. The minimum atomic E-state index is -2.81. The lowest BCUT2D eigenvalue weighted by atomic mass is 9.70. The maximum Gasteiger partial charge on any atom is 0.147 e. The Bertz CT molecular complexity index is 339. The van der Waals surface area contributed by atoms with Gasteiger partial charge in [0.05, 0.1) is 0 Å². The molecule has 1 aliphatic carbocycles. The lowest BCUT2D eigenvalue weighted by Crippen LogP contribution is -2.37. The Balaban J connectivity index is 2.38. The van der Waals surface area contributed by atoms with Gasteiger partial charge in [-0.05, 0) is 56.9 Å². The summed E-state index contributed by atoms with van der Waals surface area (Å²) in [6.07, 6.45) is 8.22. The standard InChI is InChI=1S/C14H29NO2S/c1-14(2)9-7-12(8-10-14)13(15-3)6-5-11-18(4,16)17/h12-13,15H,5-11H2,1-4H3. The minimum Gasteiger partial charge on any atom is -0.317 e. The van der Waals surface area contributed by atoms with E-state index in [0.717, 1.165) is 18.8 Å². The van der Waals surface area contributed by atoms with E-state index in [1.807, 2.05) is 7.05 Å². The summed E-state index contributed by atoms with van der Waals surface area (Å²) in [6.45, 7) is 4.70. The minimum absolute atomic E-state index is 0.323. The molecule has 0 spiro atoms. The number of hydrogen-bond donors (Lipinski definition) is 1. The summed E-state index contributed by atoms with van der Waals surface area (Å²) in [7, 11) is -0.800. The third-order valence-corrected chi connectivity index (χ3v) is 5.38. The third kappa shape index (κ3) is 5.70. The molecule has 0 aliphatic heterocycles. The van der Waals surface area contributed by atoms with E-state index < -0.39 is 9.84 Å². The van der Waals surface area contributed by atoms with Crippen molar-refractivity contribution >= 4 is 9.84 Å². The molecule has 1 fully saturated rings. The first-order valence-electron chi connectivity index (χ1n) is 7.08. The van der Waals surface area contributed by atoms with Crippen molar-refractivity contribution in [2.75, 3.05) is 19.1 Å². The molecule has 0 aromatic rings. The molecule has 0 saturated heterocycles. The summed E-state index contributed by atoms with van der Waals surface area (Å²) >= 11 is 0. The fourth-order valence-electron chi connectivity index (χ4n) is 3.01. The number of hydrogen-bond acceptors (Lipinski definition) is 3. The van der Waals surface area contributed by atoms with Gasteiger partial charge in [0.1, 0.15) is 9.84 Å². The second kappa shape index (κ2) is 6.38. The predicted molar refractivity (Wildman–Crippen MR) is 77.5 cm³/mol. The molecule has 108 valence electrons. The van der Waals surface area contributed by atoms with Crippen molar-refractivity contribution in [3.05, 3.63) is 0 Å². The highest BCUT2D eigenvalue weighted by molar-refractivity contribution is 7.90. The normalized spacial score (nSPS) is 22.9. The molecular formula is C14H29NO2S. The third-order valence-electron chi connectivity index (χ3n) is 4.35. The van der Waals surface area contributed by atoms with Crippen molar-refractivity contribution < 1.29 is 8.42 Å². The molecule has 1 N–H and O–H groups in total. The van der Waals surface area contributed by atoms with Crippen LogP contribution < -0.4 is 5.32 Å². The summed E-state index contributed by atoms with van der Waals surface area (Å²) in [5.74, 6) is 1.05. The molecule has 1 aliphatic rings. The summed E-state index contributed by atoms with van der Waals surface area (Å²) in [5, 5.41) is 3.39. The van der Waals surface area contributed by atoms with Crippen LogP contribution in [-0.2, 0) is 9.84 Å². The molecule has 1 rings (SSSR count). The first-order chi connectivity index (χ1) is 8.23. The van der Waals surface area contributed by atoms with E-state index in [4.69, 9.17) is 0 Å². The summed E-state index contributed by atoms with van der Waals surface area (Å²) in [4.78, 5) is 0. The number of sulfone groups is 1. The zero-order chi connectivity index (χ0) is 13.8. The molecule has 18 heavy (non-hydrogen) atoms. The van der Waals surface area contributed by atoms with Crippen LogP contribution in [0.4, 0.5) is 0 Å². The first-order valence-corrected chi connectivity index (χ1v) is 9.14. The average molecular weight is 275 g/mol. The van der Waals surface area contributed by atoms with Crippen LogP contribution in [0.25, 0.3) is 0 Å². The fraction of sp³-hybridized carbons (Fsp3) is 1.00. The van der Waals surface area contributed by atoms with E-state index in [1.165, 1.54) is 31.9 Å². The highest BCUT2D eigenvalue weighted by atomic mass is 32.2. The molecule has 0 heterocycles. The van der Waals surface area contributed by atoms with Crippen molar-refractivity contribution in [2.24, 2.45) is 11.3 Å². The Morgan fingerprint density at radius 3 is 2.28 bits per heavy atom. The second-order valence-electron chi connectivity index (χ2n) is 6.67. The fourth-order valence-corrected chi connectivity index (χ4v) is 3.70. The second-order valence-corrected chi connectivity index (χ2v) is 8.93. The van der Waals surface area contributed by atoms with Gasteiger partial charge in [0.25, 0.3) is 0 Å². The van der Waals surface area contributed by atoms with E-state index in [-0.39, 0.29) is 0 Å². The highest BCUT2D eigenvalue weighted by Gasteiger charge is 2.30. The van der Waals surface area contributed by atoms with Gasteiger partial charge < -0.3 is 5.32 Å². The highest BCUT2D eigenvalue weighted by Crippen LogP contribution is 2.39. The van der Waals surface area contributed by atoms with Crippen molar-refractivity contribution in [1.29, 1.82) is 0 Å². The number of rotatable bonds is 6. The Kier molecular flexibility index (Phi) is 5.66. The molecule has 1 unspecified atom stereocenters. The summed E-state index contributed by atoms with van der Waals surface area (Å²) in [5.41, 5.74) is 0.502. The average Bonchev–Trinajstić information content (AvgIpc) is 2.24. The van der Waals surface area contributed by atoms with Gasteiger partial charge in [0.15, 0.2) is 0 Å². The smallest absolute Gasteiger partial charge is 0.147 e. The zero-order valence-corrected chi connectivity index (χ0v) is 13.1. The SMILES string of the molecule is CNC(CCCS(C)(=O)=O)C1CCC(C)(C)CC1. The van der Waals surface area contributed by atoms with Crippen LogP contribution in [0.5, 0.6) is 0 Å². The van der Waals surface area contributed by atoms with E-state index in [0.29, 0.717) is 17.2 Å². The van der Waals surface area contributed by atoms with E-state index in [9.17, 15) is 8.42 Å².